The number of hydrogen-bond acceptors (Lipinski definition) is 4. The van der Waals surface area contributed by atoms with Crippen LogP contribution in [0, 0.1) is 0 Å². The average molecular weight is 286 g/mol. The Labute approximate surface area is 116 Å². The predicted molar refractivity (Wildman–Crippen MR) is 74.4 cm³/mol. The van der Waals surface area contributed by atoms with Gasteiger partial charge in [0.1, 0.15) is 11.8 Å². The van der Waals surface area contributed by atoms with Gasteiger partial charge in [-0.15, -0.1) is 11.3 Å². The first kappa shape index (κ1) is 13.6. The minimum atomic E-state index is 0.0163. The largest absolute Gasteiger partial charge is 0.467 e. The van der Waals surface area contributed by atoms with Crippen molar-refractivity contribution in [3.63, 3.8) is 0 Å². The lowest BCUT2D eigenvalue weighted by atomic mass is 10.1. The first-order valence-corrected chi connectivity index (χ1v) is 6.93. The lowest BCUT2D eigenvalue weighted by Gasteiger charge is -2.20. The fraction of sp³-hybridized carbons (Fsp3) is 0.385. The fourth-order valence-electron chi connectivity index (χ4n) is 1.83. The molecule has 2 atom stereocenters. The van der Waals surface area contributed by atoms with Crippen LogP contribution in [0.3, 0.4) is 0 Å². The quantitative estimate of drug-likeness (QED) is 0.879. The van der Waals surface area contributed by atoms with Crippen molar-refractivity contribution in [2.24, 2.45) is 0 Å². The summed E-state index contributed by atoms with van der Waals surface area (Å²) < 4.78 is 11.4. The molecule has 0 aromatic carbocycles. The van der Waals surface area contributed by atoms with Crippen LogP contribution >= 0.6 is 22.9 Å². The molecule has 0 bridgehead atoms. The van der Waals surface area contributed by atoms with Crippen molar-refractivity contribution in [2.75, 3.05) is 13.7 Å². The number of nitrogens with one attached hydrogen (secondary N) is 1. The van der Waals surface area contributed by atoms with Crippen LogP contribution < -0.4 is 5.32 Å². The Morgan fingerprint density at radius 3 is 2.83 bits per heavy atom. The molecule has 0 aliphatic heterocycles. The second kappa shape index (κ2) is 6.38. The average Bonchev–Trinajstić information content (AvgIpc) is 2.97. The van der Waals surface area contributed by atoms with Crippen molar-refractivity contribution in [3.05, 3.63) is 45.5 Å². The van der Waals surface area contributed by atoms with Crippen molar-refractivity contribution in [2.45, 2.75) is 19.0 Å². The van der Waals surface area contributed by atoms with Gasteiger partial charge >= 0.3 is 0 Å². The summed E-state index contributed by atoms with van der Waals surface area (Å²) in [6.45, 7) is 2.73. The van der Waals surface area contributed by atoms with Crippen LogP contribution in [0.15, 0.2) is 34.9 Å². The fourth-order valence-corrected chi connectivity index (χ4v) is 2.96. The molecule has 0 fully saturated rings. The van der Waals surface area contributed by atoms with Gasteiger partial charge in [0.25, 0.3) is 0 Å². The molecule has 0 spiro atoms. The molecule has 0 radical (unpaired) electrons. The molecule has 2 rings (SSSR count). The van der Waals surface area contributed by atoms with Gasteiger partial charge in [-0.1, -0.05) is 11.6 Å². The molecule has 3 nitrogen and oxygen atoms in total. The maximum absolute atomic E-state index is 6.00. The maximum atomic E-state index is 6.00. The number of furan rings is 1. The highest BCUT2D eigenvalue weighted by molar-refractivity contribution is 7.16. The minimum absolute atomic E-state index is 0.0163. The number of hydrogen-bond donors (Lipinski definition) is 1. The standard InChI is InChI=1S/C13H16ClNO2S/c1-9(8-16-2)15-13(10-4-3-7-17-10)11-5-6-12(14)18-11/h3-7,9,13,15H,8H2,1-2H3. The van der Waals surface area contributed by atoms with Crippen LogP contribution in [0.5, 0.6) is 0 Å². The highest BCUT2D eigenvalue weighted by atomic mass is 35.5. The first-order chi connectivity index (χ1) is 8.70. The molecule has 0 aliphatic rings. The van der Waals surface area contributed by atoms with Crippen molar-refractivity contribution in [3.8, 4) is 0 Å². The Morgan fingerprint density at radius 1 is 1.44 bits per heavy atom. The summed E-state index contributed by atoms with van der Waals surface area (Å²) in [4.78, 5) is 1.14. The molecule has 2 heterocycles. The van der Waals surface area contributed by atoms with Gasteiger partial charge in [-0.2, -0.15) is 0 Å². The summed E-state index contributed by atoms with van der Waals surface area (Å²) in [5.74, 6) is 0.886. The van der Waals surface area contributed by atoms with E-state index >= 15 is 0 Å². The Balaban J connectivity index is 2.18. The number of ether oxygens (including phenoxy) is 1. The molecular formula is C13H16ClNO2S. The first-order valence-electron chi connectivity index (χ1n) is 5.74. The molecule has 2 aromatic heterocycles. The van der Waals surface area contributed by atoms with Gasteiger partial charge in [-0.05, 0) is 31.2 Å². The molecule has 2 unspecified atom stereocenters. The summed E-state index contributed by atoms with van der Waals surface area (Å²) in [6, 6.07) is 8.02. The summed E-state index contributed by atoms with van der Waals surface area (Å²) in [5.41, 5.74) is 0. The lowest BCUT2D eigenvalue weighted by Crippen LogP contribution is -2.33. The molecule has 5 heteroatoms. The SMILES string of the molecule is COCC(C)NC(c1ccco1)c1ccc(Cl)s1. The van der Waals surface area contributed by atoms with E-state index in [9.17, 15) is 0 Å². The monoisotopic (exact) mass is 285 g/mol. The van der Waals surface area contributed by atoms with Crippen LogP contribution in [0.25, 0.3) is 0 Å². The van der Waals surface area contributed by atoms with Crippen molar-refractivity contribution < 1.29 is 9.15 Å². The van der Waals surface area contributed by atoms with Gasteiger partial charge < -0.3 is 9.15 Å². The van der Waals surface area contributed by atoms with E-state index in [-0.39, 0.29) is 12.1 Å². The third-order valence-corrected chi connectivity index (χ3v) is 3.87. The van der Waals surface area contributed by atoms with E-state index in [0.717, 1.165) is 15.0 Å². The number of methoxy groups -OCH3 is 1. The molecule has 0 saturated heterocycles. The van der Waals surface area contributed by atoms with E-state index in [2.05, 4.69) is 12.2 Å². The van der Waals surface area contributed by atoms with E-state index < -0.39 is 0 Å². The zero-order valence-electron chi connectivity index (χ0n) is 10.4. The Morgan fingerprint density at radius 2 is 2.28 bits per heavy atom. The Hall–Kier alpha value is -0.810. The summed E-state index contributed by atoms with van der Waals surface area (Å²) in [5, 5.41) is 3.48. The normalized spacial score (nSPS) is 14.6. The highest BCUT2D eigenvalue weighted by Crippen LogP contribution is 2.31. The summed E-state index contributed by atoms with van der Waals surface area (Å²) >= 11 is 7.56. The highest BCUT2D eigenvalue weighted by Gasteiger charge is 2.20. The van der Waals surface area contributed by atoms with E-state index in [0.29, 0.717) is 6.61 Å². The Kier molecular flexibility index (Phi) is 4.83. The maximum Gasteiger partial charge on any atom is 0.126 e. The van der Waals surface area contributed by atoms with Crippen LogP contribution in [-0.4, -0.2) is 19.8 Å². The van der Waals surface area contributed by atoms with E-state index in [1.165, 1.54) is 0 Å². The third kappa shape index (κ3) is 3.36. The lowest BCUT2D eigenvalue weighted by molar-refractivity contribution is 0.167. The van der Waals surface area contributed by atoms with Gasteiger partial charge in [0.2, 0.25) is 0 Å². The zero-order valence-corrected chi connectivity index (χ0v) is 11.9. The molecule has 2 aromatic rings. The second-order valence-corrected chi connectivity index (χ2v) is 5.86. The smallest absolute Gasteiger partial charge is 0.126 e. The van der Waals surface area contributed by atoms with Gasteiger partial charge in [0.05, 0.1) is 17.2 Å². The minimum Gasteiger partial charge on any atom is -0.467 e. The van der Waals surface area contributed by atoms with Crippen LogP contribution in [0.1, 0.15) is 23.6 Å². The Bertz CT molecular complexity index is 469. The second-order valence-electron chi connectivity index (χ2n) is 4.11. The van der Waals surface area contributed by atoms with Crippen LogP contribution in [0.2, 0.25) is 4.34 Å². The van der Waals surface area contributed by atoms with Crippen LogP contribution in [0.4, 0.5) is 0 Å². The number of rotatable bonds is 6. The van der Waals surface area contributed by atoms with Gasteiger partial charge in [-0.3, -0.25) is 5.32 Å². The number of halogens is 1. The zero-order chi connectivity index (χ0) is 13.0. The molecule has 98 valence electrons. The van der Waals surface area contributed by atoms with Crippen molar-refractivity contribution in [1.29, 1.82) is 0 Å². The van der Waals surface area contributed by atoms with Gasteiger partial charge in [0.15, 0.2) is 0 Å². The topological polar surface area (TPSA) is 34.4 Å². The van der Waals surface area contributed by atoms with Crippen molar-refractivity contribution >= 4 is 22.9 Å². The summed E-state index contributed by atoms with van der Waals surface area (Å²) in [6.07, 6.45) is 1.68. The molecular weight excluding hydrogens is 270 g/mol. The van der Waals surface area contributed by atoms with E-state index in [4.69, 9.17) is 20.8 Å². The molecule has 0 aliphatic carbocycles. The number of thiophene rings is 1. The van der Waals surface area contributed by atoms with E-state index in [1.807, 2.05) is 24.3 Å². The molecule has 0 amide bonds. The molecule has 0 saturated carbocycles. The van der Waals surface area contributed by atoms with Gasteiger partial charge in [-0.25, -0.2) is 0 Å². The summed E-state index contributed by atoms with van der Waals surface area (Å²) in [7, 11) is 1.70. The van der Waals surface area contributed by atoms with Crippen molar-refractivity contribution in [1.82, 2.24) is 5.32 Å². The molecule has 18 heavy (non-hydrogen) atoms. The molecule has 1 N–H and O–H groups in total. The van der Waals surface area contributed by atoms with Crippen LogP contribution in [-0.2, 0) is 4.74 Å². The van der Waals surface area contributed by atoms with Gasteiger partial charge in [0, 0.05) is 18.0 Å². The third-order valence-electron chi connectivity index (χ3n) is 2.57. The predicted octanol–water partition coefficient (Wildman–Crippen LogP) is 3.71. The van der Waals surface area contributed by atoms with E-state index in [1.54, 1.807) is 24.7 Å².